The van der Waals surface area contributed by atoms with Gasteiger partial charge < -0.3 is 30.1 Å². The van der Waals surface area contributed by atoms with Crippen LogP contribution < -0.4 is 10.5 Å². The first-order valence-corrected chi connectivity index (χ1v) is 12.4. The van der Waals surface area contributed by atoms with Crippen LogP contribution in [0.3, 0.4) is 0 Å². The van der Waals surface area contributed by atoms with E-state index in [4.69, 9.17) is 15.2 Å². The third-order valence-corrected chi connectivity index (χ3v) is 6.61. The first-order valence-electron chi connectivity index (χ1n) is 12.4. The van der Waals surface area contributed by atoms with Crippen molar-refractivity contribution in [1.82, 2.24) is 14.8 Å². The maximum Gasteiger partial charge on any atom is 0.407 e. The van der Waals surface area contributed by atoms with E-state index in [0.29, 0.717) is 23.4 Å². The molecular weight excluding hydrogens is 492 g/mol. The number of carbonyl (C=O) groups is 4. The summed E-state index contributed by atoms with van der Waals surface area (Å²) in [4.78, 5) is 55.9. The largest absolute Gasteiger partial charge is 0.488 e. The van der Waals surface area contributed by atoms with Gasteiger partial charge in [-0.15, -0.1) is 0 Å². The summed E-state index contributed by atoms with van der Waals surface area (Å²) in [5, 5.41) is 9.53. The Bertz CT molecular complexity index is 1230. The van der Waals surface area contributed by atoms with Crippen LogP contribution >= 0.6 is 0 Å². The Morgan fingerprint density at radius 1 is 1.16 bits per heavy atom. The molecule has 1 aromatic carbocycles. The molecule has 0 spiro atoms. The molecule has 0 aliphatic carbocycles. The van der Waals surface area contributed by atoms with Crippen LogP contribution in [0, 0.1) is 0 Å². The highest BCUT2D eigenvalue weighted by Gasteiger charge is 2.39. The number of benzene rings is 1. The summed E-state index contributed by atoms with van der Waals surface area (Å²) >= 11 is 0. The van der Waals surface area contributed by atoms with Crippen molar-refractivity contribution < 1.29 is 33.8 Å². The Morgan fingerprint density at radius 3 is 2.50 bits per heavy atom. The van der Waals surface area contributed by atoms with E-state index in [-0.39, 0.29) is 37.8 Å². The van der Waals surface area contributed by atoms with E-state index in [9.17, 15) is 24.3 Å². The molecule has 0 radical (unpaired) electrons. The number of rotatable bonds is 8. The molecule has 1 fully saturated rings. The van der Waals surface area contributed by atoms with Crippen LogP contribution in [0.25, 0.3) is 0 Å². The summed E-state index contributed by atoms with van der Waals surface area (Å²) in [7, 11) is 0. The van der Waals surface area contributed by atoms with E-state index in [1.54, 1.807) is 51.4 Å². The minimum absolute atomic E-state index is 0.0496. The SMILES string of the molecule is CC(C)(C)OC(=O)CC[C@@H](C(N)=O)N1Cc2cc(O[C@@H]3CN(C(=O)O)C[C@H]3c3ccncc3)ccc2C1=O. The van der Waals surface area contributed by atoms with Crippen LogP contribution in [0.4, 0.5) is 4.79 Å². The van der Waals surface area contributed by atoms with E-state index in [1.807, 2.05) is 12.1 Å². The summed E-state index contributed by atoms with van der Waals surface area (Å²) < 4.78 is 11.6. The minimum Gasteiger partial charge on any atom is -0.488 e. The van der Waals surface area contributed by atoms with Gasteiger partial charge >= 0.3 is 12.1 Å². The van der Waals surface area contributed by atoms with Gasteiger partial charge in [0.05, 0.1) is 6.54 Å². The van der Waals surface area contributed by atoms with Crippen LogP contribution in [0.15, 0.2) is 42.7 Å². The zero-order chi connectivity index (χ0) is 27.6. The second-order valence-electron chi connectivity index (χ2n) is 10.5. The lowest BCUT2D eigenvalue weighted by Crippen LogP contribution is -2.45. The number of ether oxygens (including phenoxy) is 2. The van der Waals surface area contributed by atoms with E-state index >= 15 is 0 Å². The number of carboxylic acid groups (broad SMARTS) is 1. The van der Waals surface area contributed by atoms with Gasteiger partial charge in [-0.1, -0.05) is 0 Å². The van der Waals surface area contributed by atoms with Crippen LogP contribution in [-0.2, 0) is 20.9 Å². The number of nitrogens with zero attached hydrogens (tertiary/aromatic N) is 3. The molecule has 2 aliphatic heterocycles. The van der Waals surface area contributed by atoms with Crippen molar-refractivity contribution in [3.05, 3.63) is 59.4 Å². The number of fused-ring (bicyclic) bond motifs is 1. The van der Waals surface area contributed by atoms with Crippen molar-refractivity contribution in [2.24, 2.45) is 5.73 Å². The lowest BCUT2D eigenvalue weighted by Gasteiger charge is -2.25. The number of primary amides is 1. The van der Waals surface area contributed by atoms with Gasteiger partial charge in [0.2, 0.25) is 5.91 Å². The topological polar surface area (TPSA) is 152 Å². The van der Waals surface area contributed by atoms with Crippen LogP contribution in [0.5, 0.6) is 5.75 Å². The first kappa shape index (κ1) is 26.9. The molecule has 11 heteroatoms. The number of nitrogens with two attached hydrogens (primary N) is 1. The van der Waals surface area contributed by atoms with Crippen LogP contribution in [0.1, 0.15) is 61.0 Å². The average Bonchev–Trinajstić information content (AvgIpc) is 3.40. The Kier molecular flexibility index (Phi) is 7.56. The predicted molar refractivity (Wildman–Crippen MR) is 135 cm³/mol. The Labute approximate surface area is 220 Å². The summed E-state index contributed by atoms with van der Waals surface area (Å²) in [6.07, 6.45) is 1.85. The van der Waals surface area contributed by atoms with E-state index in [0.717, 1.165) is 5.56 Å². The third-order valence-electron chi connectivity index (χ3n) is 6.61. The molecule has 11 nitrogen and oxygen atoms in total. The van der Waals surface area contributed by atoms with Crippen LogP contribution in [0.2, 0.25) is 0 Å². The zero-order valence-corrected chi connectivity index (χ0v) is 21.6. The van der Waals surface area contributed by atoms with E-state index < -0.39 is 35.7 Å². The normalized spacial score (nSPS) is 19.7. The highest BCUT2D eigenvalue weighted by Crippen LogP contribution is 2.34. The molecule has 3 N–H and O–H groups in total. The second-order valence-corrected chi connectivity index (χ2v) is 10.5. The van der Waals surface area contributed by atoms with Gasteiger partial charge in [-0.2, -0.15) is 0 Å². The van der Waals surface area contributed by atoms with Gasteiger partial charge in [0, 0.05) is 43.4 Å². The zero-order valence-electron chi connectivity index (χ0n) is 21.6. The van der Waals surface area contributed by atoms with Crippen molar-refractivity contribution in [2.75, 3.05) is 13.1 Å². The fourth-order valence-electron chi connectivity index (χ4n) is 4.90. The smallest absolute Gasteiger partial charge is 0.407 e. The number of aromatic nitrogens is 1. The quantitative estimate of drug-likeness (QED) is 0.500. The van der Waals surface area contributed by atoms with Gasteiger partial charge in [-0.3, -0.25) is 19.4 Å². The maximum atomic E-state index is 13.1. The number of hydrogen-bond donors (Lipinski definition) is 2. The van der Waals surface area contributed by atoms with Crippen LogP contribution in [-0.4, -0.2) is 74.6 Å². The molecule has 1 aromatic heterocycles. The van der Waals surface area contributed by atoms with Gasteiger partial charge in [0.15, 0.2) is 0 Å². The number of carbonyl (C=O) groups excluding carboxylic acids is 3. The Morgan fingerprint density at radius 2 is 1.87 bits per heavy atom. The third kappa shape index (κ3) is 6.04. The van der Waals surface area contributed by atoms with Crippen molar-refractivity contribution >= 4 is 23.9 Å². The van der Waals surface area contributed by atoms with E-state index in [2.05, 4.69) is 4.98 Å². The number of esters is 1. The highest BCUT2D eigenvalue weighted by atomic mass is 16.6. The van der Waals surface area contributed by atoms with E-state index in [1.165, 1.54) is 9.80 Å². The fraction of sp³-hybridized carbons (Fsp3) is 0.444. The van der Waals surface area contributed by atoms with Crippen molar-refractivity contribution in [3.8, 4) is 5.75 Å². The molecule has 1 saturated heterocycles. The van der Waals surface area contributed by atoms with Gasteiger partial charge in [0.25, 0.3) is 5.91 Å². The number of amides is 3. The van der Waals surface area contributed by atoms with Crippen molar-refractivity contribution in [3.63, 3.8) is 0 Å². The summed E-state index contributed by atoms with van der Waals surface area (Å²) in [5.74, 6) is -1.23. The predicted octanol–water partition coefficient (Wildman–Crippen LogP) is 2.54. The summed E-state index contributed by atoms with van der Waals surface area (Å²) in [6, 6.07) is 7.73. The standard InChI is InChI=1S/C27H32N4O7/c1-27(2,3)38-23(32)7-6-21(24(28)33)31-13-17-12-18(4-5-19(17)25(31)34)37-22-15-30(26(35)36)14-20(22)16-8-10-29-11-9-16/h4-5,8-12,20-22H,6-7,13-15H2,1-3H3,(H2,28,33)(H,35,36)/t20-,21-,22+/m0/s1. The molecule has 0 unspecified atom stereocenters. The van der Waals surface area contributed by atoms with Gasteiger partial charge in [-0.05, 0) is 68.7 Å². The molecule has 2 aromatic rings. The maximum absolute atomic E-state index is 13.1. The fourth-order valence-corrected chi connectivity index (χ4v) is 4.90. The second kappa shape index (κ2) is 10.7. The van der Waals surface area contributed by atoms with Gasteiger partial charge in [0.1, 0.15) is 23.5 Å². The minimum atomic E-state index is -1.02. The molecule has 4 rings (SSSR count). The number of pyridine rings is 1. The first-order chi connectivity index (χ1) is 17.9. The lowest BCUT2D eigenvalue weighted by molar-refractivity contribution is -0.155. The average molecular weight is 525 g/mol. The molecule has 3 amide bonds. The molecule has 0 saturated carbocycles. The summed E-state index contributed by atoms with van der Waals surface area (Å²) in [5.41, 5.74) is 6.95. The summed E-state index contributed by atoms with van der Waals surface area (Å²) in [6.45, 7) is 5.87. The Balaban J connectivity index is 1.48. The molecule has 0 bridgehead atoms. The highest BCUT2D eigenvalue weighted by molar-refractivity contribution is 6.01. The molecule has 3 atom stereocenters. The van der Waals surface area contributed by atoms with Crippen molar-refractivity contribution in [2.45, 2.75) is 63.8 Å². The van der Waals surface area contributed by atoms with Gasteiger partial charge in [-0.25, -0.2) is 4.79 Å². The monoisotopic (exact) mass is 524 g/mol. The number of hydrogen-bond acceptors (Lipinski definition) is 7. The molecular formula is C27H32N4O7. The molecule has 2 aliphatic rings. The molecule has 38 heavy (non-hydrogen) atoms. The number of likely N-dealkylation sites (tertiary alicyclic amines) is 1. The molecule has 202 valence electrons. The lowest BCUT2D eigenvalue weighted by atomic mass is 9.97. The molecule has 3 heterocycles. The Hall–Kier alpha value is -4.15. The van der Waals surface area contributed by atoms with Crippen molar-refractivity contribution in [1.29, 1.82) is 0 Å².